The Labute approximate surface area is 257 Å². The van der Waals surface area contributed by atoms with E-state index in [1.165, 1.54) is 0 Å². The van der Waals surface area contributed by atoms with Gasteiger partial charge in [0.25, 0.3) is 10.0 Å². The highest BCUT2D eigenvalue weighted by Crippen LogP contribution is 2.43. The van der Waals surface area contributed by atoms with Gasteiger partial charge in [0, 0.05) is 25.7 Å². The Bertz CT molecular complexity index is 1590. The van der Waals surface area contributed by atoms with Crippen molar-refractivity contribution in [3.63, 3.8) is 0 Å². The number of nitrogens with zero attached hydrogens (tertiary/aromatic N) is 3. The number of carbonyl (C=O) groups is 2. The number of hydrogen-bond donors (Lipinski definition) is 0. The van der Waals surface area contributed by atoms with Crippen molar-refractivity contribution >= 4 is 33.5 Å². The molecule has 246 valence electrons. The van der Waals surface area contributed by atoms with Gasteiger partial charge in [0.15, 0.2) is 0 Å². The Kier molecular flexibility index (Phi) is 9.00. The molecule has 2 aliphatic carbocycles. The first-order chi connectivity index (χ1) is 20.9. The Morgan fingerprint density at radius 1 is 1.00 bits per heavy atom. The van der Waals surface area contributed by atoms with Gasteiger partial charge >= 0.3 is 24.2 Å². The number of halogens is 8. The minimum Gasteiger partial charge on any atom is -0.474 e. The van der Waals surface area contributed by atoms with E-state index in [0.29, 0.717) is 49.9 Å². The molecule has 18 heteroatoms. The smallest absolute Gasteiger partial charge is 0.474 e. The number of sulfonamides is 1. The number of rotatable bonds is 8. The molecule has 0 spiro atoms. The van der Waals surface area contributed by atoms with Crippen molar-refractivity contribution in [3.8, 4) is 5.88 Å². The van der Waals surface area contributed by atoms with Crippen molar-refractivity contribution in [1.29, 1.82) is 0 Å². The molecule has 1 aromatic carbocycles. The number of piperidine rings is 1. The van der Waals surface area contributed by atoms with Gasteiger partial charge in [-0.25, -0.2) is 22.6 Å². The molecule has 1 aliphatic heterocycles. The summed E-state index contributed by atoms with van der Waals surface area (Å²) in [5, 5.41) is -1.81. The molecule has 45 heavy (non-hydrogen) atoms. The van der Waals surface area contributed by atoms with Crippen LogP contribution in [0.25, 0.3) is 0 Å². The lowest BCUT2D eigenvalue weighted by atomic mass is 9.97. The van der Waals surface area contributed by atoms with E-state index in [0.717, 1.165) is 24.4 Å². The molecule has 3 fully saturated rings. The van der Waals surface area contributed by atoms with Gasteiger partial charge in [-0.05, 0) is 67.7 Å². The van der Waals surface area contributed by atoms with E-state index in [1.54, 1.807) is 0 Å². The van der Waals surface area contributed by atoms with Gasteiger partial charge in [-0.1, -0.05) is 16.1 Å². The lowest BCUT2D eigenvalue weighted by Crippen LogP contribution is -2.44. The van der Waals surface area contributed by atoms with E-state index in [2.05, 4.69) is 9.82 Å². The summed E-state index contributed by atoms with van der Waals surface area (Å²) in [7, 11) is -4.85. The van der Waals surface area contributed by atoms with Gasteiger partial charge in [0.2, 0.25) is 5.88 Å². The number of benzene rings is 1. The van der Waals surface area contributed by atoms with Crippen molar-refractivity contribution in [2.24, 2.45) is 0 Å². The van der Waals surface area contributed by atoms with Gasteiger partial charge in [-0.2, -0.15) is 26.3 Å². The van der Waals surface area contributed by atoms with Crippen LogP contribution in [0.2, 0.25) is 5.02 Å². The number of alkyl halides is 6. The topological polar surface area (TPSA) is 106 Å². The van der Waals surface area contributed by atoms with Crippen LogP contribution in [0.5, 0.6) is 5.88 Å². The highest BCUT2D eigenvalue weighted by atomic mass is 35.5. The Balaban J connectivity index is 1.30. The largest absolute Gasteiger partial charge is 0.493 e. The fourth-order valence-electron chi connectivity index (χ4n) is 4.94. The maximum atomic E-state index is 15.4. The maximum Gasteiger partial charge on any atom is 0.493 e. The van der Waals surface area contributed by atoms with Crippen molar-refractivity contribution in [3.05, 3.63) is 57.5 Å². The monoisotopic (exact) mass is 687 g/mol. The van der Waals surface area contributed by atoms with Crippen LogP contribution in [0.15, 0.2) is 24.4 Å². The van der Waals surface area contributed by atoms with E-state index in [9.17, 15) is 44.3 Å². The van der Waals surface area contributed by atoms with Crippen LogP contribution in [0.4, 0.5) is 30.7 Å². The molecular formula is C27H25ClF7N3O6S. The van der Waals surface area contributed by atoms with Crippen molar-refractivity contribution in [1.82, 2.24) is 14.4 Å². The van der Waals surface area contributed by atoms with Gasteiger partial charge in [0.1, 0.15) is 11.9 Å². The normalized spacial score (nSPS) is 18.5. The third kappa shape index (κ3) is 7.62. The van der Waals surface area contributed by atoms with Gasteiger partial charge in [-0.15, -0.1) is 0 Å². The highest BCUT2D eigenvalue weighted by molar-refractivity contribution is 7.90. The Hall–Kier alpha value is -3.18. The number of likely N-dealkylation sites (tertiary alicyclic amines) is 1. The molecule has 0 atom stereocenters. The van der Waals surface area contributed by atoms with Crippen molar-refractivity contribution in [2.45, 2.75) is 74.7 Å². The van der Waals surface area contributed by atoms with Gasteiger partial charge in [-0.3, -0.25) is 9.69 Å². The molecule has 2 aromatic rings. The predicted octanol–water partition coefficient (Wildman–Crippen LogP) is 5.77. The summed E-state index contributed by atoms with van der Waals surface area (Å²) in [5.74, 6) is -6.27. The van der Waals surface area contributed by atoms with E-state index in [4.69, 9.17) is 16.3 Å². The molecule has 0 unspecified atom stereocenters. The molecule has 9 nitrogen and oxygen atoms in total. The molecule has 1 saturated heterocycles. The number of aromatic nitrogens is 1. The summed E-state index contributed by atoms with van der Waals surface area (Å²) in [4.78, 5) is 34.3. The van der Waals surface area contributed by atoms with E-state index in [-0.39, 0.29) is 31.2 Å². The minimum atomic E-state index is -5.62. The fraction of sp³-hybridized carbons (Fsp3) is 0.519. The second kappa shape index (κ2) is 12.2. The molecule has 2 saturated carbocycles. The third-order valence-electron chi connectivity index (χ3n) is 7.57. The second-order valence-electron chi connectivity index (χ2n) is 11.1. The first-order valence-electron chi connectivity index (χ1n) is 13.8. The lowest BCUT2D eigenvalue weighted by Gasteiger charge is -2.32. The highest BCUT2D eigenvalue weighted by Gasteiger charge is 2.50. The summed E-state index contributed by atoms with van der Waals surface area (Å²) in [6.45, 7) is 0.990. The number of hydroxylamine groups is 1. The zero-order chi connectivity index (χ0) is 32.9. The van der Waals surface area contributed by atoms with E-state index < -0.39 is 72.0 Å². The van der Waals surface area contributed by atoms with Crippen molar-refractivity contribution in [2.75, 3.05) is 13.1 Å². The first-order valence-corrected chi connectivity index (χ1v) is 15.6. The molecule has 0 bridgehead atoms. The molecule has 2 heterocycles. The quantitative estimate of drug-likeness (QED) is 0.255. The predicted molar refractivity (Wildman–Crippen MR) is 142 cm³/mol. The Morgan fingerprint density at radius 3 is 2.20 bits per heavy atom. The van der Waals surface area contributed by atoms with Crippen LogP contribution in [-0.4, -0.2) is 65.3 Å². The number of ether oxygens (including phenoxy) is 1. The summed E-state index contributed by atoms with van der Waals surface area (Å²) in [5.41, 5.74) is -0.978. The molecule has 5 rings (SSSR count). The van der Waals surface area contributed by atoms with Gasteiger partial charge in [0.05, 0.1) is 27.6 Å². The molecule has 1 amide bonds. The summed E-state index contributed by atoms with van der Waals surface area (Å²) < 4.78 is 124. The lowest BCUT2D eigenvalue weighted by molar-refractivity contribution is -0.217. The number of pyridine rings is 1. The molecule has 3 aliphatic rings. The van der Waals surface area contributed by atoms with E-state index >= 15 is 4.39 Å². The van der Waals surface area contributed by atoms with Gasteiger partial charge < -0.3 is 9.57 Å². The maximum absolute atomic E-state index is 15.4. The van der Waals surface area contributed by atoms with Crippen LogP contribution in [0.3, 0.4) is 0 Å². The molecule has 0 radical (unpaired) electrons. The molecule has 0 N–H and O–H groups in total. The summed E-state index contributed by atoms with van der Waals surface area (Å²) in [6.07, 6.45) is -7.74. The molecule has 1 aromatic heterocycles. The van der Waals surface area contributed by atoms with Crippen LogP contribution in [0.1, 0.15) is 71.5 Å². The van der Waals surface area contributed by atoms with Crippen molar-refractivity contribution < 1.29 is 58.3 Å². The van der Waals surface area contributed by atoms with Crippen LogP contribution < -0.4 is 4.74 Å². The number of hydrogen-bond acceptors (Lipinski definition) is 8. The first kappa shape index (κ1) is 33.2. The number of carbonyl (C=O) groups excluding carboxylic acids is 2. The summed E-state index contributed by atoms with van der Waals surface area (Å²) in [6, 6.07) is 2.82. The second-order valence-corrected chi connectivity index (χ2v) is 13.5. The average molecular weight is 688 g/mol. The van der Waals surface area contributed by atoms with Crippen LogP contribution in [0, 0.1) is 5.82 Å². The minimum absolute atomic E-state index is 0.0248. The third-order valence-corrected chi connectivity index (χ3v) is 9.89. The average Bonchev–Trinajstić information content (AvgIpc) is 3.85. The fourth-order valence-corrected chi connectivity index (χ4v) is 6.65. The van der Waals surface area contributed by atoms with Crippen LogP contribution >= 0.6 is 11.6 Å². The van der Waals surface area contributed by atoms with Crippen LogP contribution in [-0.2, 0) is 32.4 Å². The standard InChI is InChI=1S/C27H25ClF7N3O6S/c28-21-12-36-23(11-20(21)26(30,31)32)43-16-5-7-37(8-6-16)13-15-9-22(29)19(10-18(15)14-1-2-14)24(39)38(44-25(40)27(33,34)35)45(41,42)17-3-4-17/h9-12,14,16-17H,1-8,13H2. The SMILES string of the molecule is O=C(c1cc(C2CC2)c(CN2CCC(Oc3cc(C(F)(F)F)c(Cl)cn3)CC2)cc1F)N(OC(=O)C(F)(F)F)S(=O)(=O)C1CC1. The summed E-state index contributed by atoms with van der Waals surface area (Å²) >= 11 is 5.60. The zero-order valence-electron chi connectivity index (χ0n) is 23.1. The number of amides is 1. The molecular weight excluding hydrogens is 663 g/mol. The zero-order valence-corrected chi connectivity index (χ0v) is 24.7. The Morgan fingerprint density at radius 2 is 1.64 bits per heavy atom. The van der Waals surface area contributed by atoms with E-state index in [1.807, 2.05) is 4.90 Å².